The maximum absolute atomic E-state index is 12.8. The summed E-state index contributed by atoms with van der Waals surface area (Å²) in [5.74, 6) is 0.997. The first-order chi connectivity index (χ1) is 15.6. The van der Waals surface area contributed by atoms with E-state index in [1.54, 1.807) is 18.7 Å². The van der Waals surface area contributed by atoms with Crippen LogP contribution in [-0.2, 0) is 22.4 Å². The van der Waals surface area contributed by atoms with Gasteiger partial charge in [-0.3, -0.25) is 0 Å². The zero-order chi connectivity index (χ0) is 22.2. The predicted octanol–water partition coefficient (Wildman–Crippen LogP) is 4.52. The Hall–Kier alpha value is -3.05. The molecule has 2 aliphatic heterocycles. The summed E-state index contributed by atoms with van der Waals surface area (Å²) in [5.41, 5.74) is 2.22. The number of benzene rings is 1. The number of rotatable bonds is 5. The third kappa shape index (κ3) is 3.71. The van der Waals surface area contributed by atoms with Crippen LogP contribution in [0.4, 0.5) is 14.9 Å². The standard InChI is InChI=1S/C21H21N3O6S2/c1-3-27-19(25)17-11-5-6-24(21(26)28-4-2)9-16(11)31-18(17)23-20-22-12-7-13-14(30-10-29-13)8-15(12)32-20/h7-8H,3-6,9-10H2,1-2H3,(H,22,23). The number of thiazole rings is 1. The number of carbonyl (C=O) groups excluding carboxylic acids is 2. The van der Waals surface area contributed by atoms with Crippen LogP contribution in [0.3, 0.4) is 0 Å². The molecule has 11 heteroatoms. The van der Waals surface area contributed by atoms with Crippen LogP contribution in [-0.4, -0.2) is 48.5 Å². The van der Waals surface area contributed by atoms with Gasteiger partial charge in [0.2, 0.25) is 6.79 Å². The molecule has 2 aliphatic rings. The Morgan fingerprint density at radius 1 is 1.16 bits per heavy atom. The van der Waals surface area contributed by atoms with Crippen molar-refractivity contribution in [3.05, 3.63) is 28.1 Å². The van der Waals surface area contributed by atoms with Gasteiger partial charge in [-0.2, -0.15) is 0 Å². The maximum atomic E-state index is 12.8. The first-order valence-corrected chi connectivity index (χ1v) is 11.9. The molecule has 3 aromatic rings. The summed E-state index contributed by atoms with van der Waals surface area (Å²) < 4.78 is 22.3. The van der Waals surface area contributed by atoms with Crippen molar-refractivity contribution >= 4 is 55.1 Å². The molecule has 2 aromatic heterocycles. The fourth-order valence-corrected chi connectivity index (χ4v) is 5.95. The van der Waals surface area contributed by atoms with E-state index in [1.807, 2.05) is 12.1 Å². The van der Waals surface area contributed by atoms with Crippen molar-refractivity contribution < 1.29 is 28.5 Å². The number of ether oxygens (including phenoxy) is 4. The van der Waals surface area contributed by atoms with E-state index in [9.17, 15) is 9.59 Å². The summed E-state index contributed by atoms with van der Waals surface area (Å²) in [7, 11) is 0. The fraction of sp³-hybridized carbons (Fsp3) is 0.381. The Morgan fingerprint density at radius 2 is 1.94 bits per heavy atom. The van der Waals surface area contributed by atoms with Gasteiger partial charge in [0.1, 0.15) is 5.00 Å². The third-order valence-electron chi connectivity index (χ3n) is 5.17. The number of anilines is 2. The molecule has 0 aliphatic carbocycles. The summed E-state index contributed by atoms with van der Waals surface area (Å²) >= 11 is 2.90. The fourth-order valence-electron chi connectivity index (χ4n) is 3.75. The van der Waals surface area contributed by atoms with E-state index in [0.717, 1.165) is 20.7 Å². The second-order valence-corrected chi connectivity index (χ2v) is 9.25. The number of amides is 1. The molecule has 1 amide bonds. The summed E-state index contributed by atoms with van der Waals surface area (Å²) in [4.78, 5) is 32.2. The Balaban J connectivity index is 1.47. The highest BCUT2D eigenvalue weighted by Crippen LogP contribution is 2.42. The van der Waals surface area contributed by atoms with Crippen LogP contribution >= 0.6 is 22.7 Å². The van der Waals surface area contributed by atoms with E-state index >= 15 is 0 Å². The van der Waals surface area contributed by atoms with Crippen LogP contribution in [0.1, 0.15) is 34.6 Å². The highest BCUT2D eigenvalue weighted by atomic mass is 32.1. The highest BCUT2D eigenvalue weighted by Gasteiger charge is 2.31. The van der Waals surface area contributed by atoms with Crippen LogP contribution < -0.4 is 14.8 Å². The minimum atomic E-state index is -0.376. The SMILES string of the molecule is CCOC(=O)c1c(Nc2nc3cc4c(cc3s2)OCO4)sc2c1CCN(C(=O)OCC)C2. The molecule has 0 saturated carbocycles. The molecule has 0 unspecified atom stereocenters. The topological polar surface area (TPSA) is 99.2 Å². The van der Waals surface area contributed by atoms with Gasteiger partial charge < -0.3 is 29.2 Å². The first-order valence-electron chi connectivity index (χ1n) is 10.3. The summed E-state index contributed by atoms with van der Waals surface area (Å²) in [6.45, 7) is 5.27. The molecular weight excluding hydrogens is 454 g/mol. The number of thiophene rings is 1. The lowest BCUT2D eigenvalue weighted by atomic mass is 10.0. The third-order valence-corrected chi connectivity index (χ3v) is 7.23. The van der Waals surface area contributed by atoms with Crippen LogP contribution in [0.15, 0.2) is 12.1 Å². The van der Waals surface area contributed by atoms with Gasteiger partial charge in [0.05, 0.1) is 35.5 Å². The summed E-state index contributed by atoms with van der Waals surface area (Å²) in [6, 6.07) is 3.76. The lowest BCUT2D eigenvalue weighted by molar-refractivity contribution is 0.0526. The second-order valence-electron chi connectivity index (χ2n) is 7.12. The van der Waals surface area contributed by atoms with Gasteiger partial charge in [-0.05, 0) is 25.8 Å². The zero-order valence-corrected chi connectivity index (χ0v) is 19.2. The second kappa shape index (κ2) is 8.47. The molecule has 168 valence electrons. The molecule has 0 atom stereocenters. The van der Waals surface area contributed by atoms with Gasteiger partial charge in [-0.1, -0.05) is 11.3 Å². The molecule has 1 N–H and O–H groups in total. The number of fused-ring (bicyclic) bond motifs is 3. The molecule has 0 saturated heterocycles. The number of aromatic nitrogens is 1. The van der Waals surface area contributed by atoms with E-state index in [1.165, 1.54) is 22.7 Å². The number of hydrogen-bond donors (Lipinski definition) is 1. The number of carbonyl (C=O) groups is 2. The smallest absolute Gasteiger partial charge is 0.410 e. The molecular formula is C21H21N3O6S2. The van der Waals surface area contributed by atoms with E-state index < -0.39 is 0 Å². The van der Waals surface area contributed by atoms with Crippen molar-refractivity contribution in [1.82, 2.24) is 9.88 Å². The summed E-state index contributed by atoms with van der Waals surface area (Å²) in [6.07, 6.45) is 0.212. The van der Waals surface area contributed by atoms with Gasteiger partial charge in [0.25, 0.3) is 0 Å². The number of hydrogen-bond acceptors (Lipinski definition) is 10. The average Bonchev–Trinajstić information content (AvgIpc) is 3.47. The van der Waals surface area contributed by atoms with Crippen molar-refractivity contribution in [2.45, 2.75) is 26.8 Å². The first kappa shape index (κ1) is 20.8. The minimum absolute atomic E-state index is 0.212. The molecule has 9 nitrogen and oxygen atoms in total. The Labute approximate surface area is 191 Å². The van der Waals surface area contributed by atoms with Gasteiger partial charge in [0.15, 0.2) is 16.6 Å². The van der Waals surface area contributed by atoms with Gasteiger partial charge >= 0.3 is 12.1 Å². The molecule has 0 radical (unpaired) electrons. The molecule has 5 rings (SSSR count). The largest absolute Gasteiger partial charge is 0.462 e. The molecule has 1 aromatic carbocycles. The van der Waals surface area contributed by atoms with E-state index in [2.05, 4.69) is 10.3 Å². The molecule has 0 spiro atoms. The van der Waals surface area contributed by atoms with Crippen LogP contribution in [0.2, 0.25) is 0 Å². The minimum Gasteiger partial charge on any atom is -0.462 e. The van der Waals surface area contributed by atoms with Crippen LogP contribution in [0.25, 0.3) is 10.2 Å². The van der Waals surface area contributed by atoms with Crippen molar-refractivity contribution in [3.63, 3.8) is 0 Å². The van der Waals surface area contributed by atoms with Crippen LogP contribution in [0.5, 0.6) is 11.5 Å². The van der Waals surface area contributed by atoms with E-state index in [-0.39, 0.29) is 25.5 Å². The predicted molar refractivity (Wildman–Crippen MR) is 120 cm³/mol. The lowest BCUT2D eigenvalue weighted by Crippen LogP contribution is -2.36. The monoisotopic (exact) mass is 475 g/mol. The summed E-state index contributed by atoms with van der Waals surface area (Å²) in [5, 5.41) is 4.62. The number of esters is 1. The maximum Gasteiger partial charge on any atom is 0.410 e. The highest BCUT2D eigenvalue weighted by molar-refractivity contribution is 7.23. The van der Waals surface area contributed by atoms with Crippen LogP contribution in [0, 0.1) is 0 Å². The Morgan fingerprint density at radius 3 is 2.72 bits per heavy atom. The Bertz CT molecular complexity index is 1160. The van der Waals surface area contributed by atoms with Crippen molar-refractivity contribution in [2.75, 3.05) is 31.9 Å². The lowest BCUT2D eigenvalue weighted by Gasteiger charge is -2.26. The quantitative estimate of drug-likeness (QED) is 0.538. The Kier molecular flexibility index (Phi) is 5.51. The van der Waals surface area contributed by atoms with Gasteiger partial charge in [0, 0.05) is 23.6 Å². The normalized spacial score (nSPS) is 14.4. The van der Waals surface area contributed by atoms with E-state index in [4.69, 9.17) is 18.9 Å². The van der Waals surface area contributed by atoms with Crippen molar-refractivity contribution in [2.24, 2.45) is 0 Å². The zero-order valence-electron chi connectivity index (χ0n) is 17.6. The average molecular weight is 476 g/mol. The molecule has 4 heterocycles. The number of nitrogens with zero attached hydrogens (tertiary/aromatic N) is 2. The van der Waals surface area contributed by atoms with Gasteiger partial charge in [-0.25, -0.2) is 14.6 Å². The van der Waals surface area contributed by atoms with Gasteiger partial charge in [-0.15, -0.1) is 11.3 Å². The molecule has 0 fully saturated rings. The molecule has 32 heavy (non-hydrogen) atoms. The van der Waals surface area contributed by atoms with Crippen molar-refractivity contribution in [3.8, 4) is 11.5 Å². The number of nitrogens with one attached hydrogen (secondary N) is 1. The molecule has 0 bridgehead atoms. The van der Waals surface area contributed by atoms with Crippen molar-refractivity contribution in [1.29, 1.82) is 0 Å². The van der Waals surface area contributed by atoms with E-state index in [0.29, 0.717) is 53.3 Å².